The Kier molecular flexibility index (Phi) is 5.88. The number of amides is 1. The number of hydrazone groups is 1. The summed E-state index contributed by atoms with van der Waals surface area (Å²) in [5.41, 5.74) is 2.97. The highest BCUT2D eigenvalue weighted by Gasteiger charge is 2.39. The molecule has 0 aliphatic carbocycles. The number of nitrogens with zero attached hydrogens (tertiary/aromatic N) is 2. The molecule has 6 nitrogen and oxygen atoms in total. The molecule has 2 aromatic carbocycles. The van der Waals surface area contributed by atoms with E-state index in [9.17, 15) is 17.6 Å². The van der Waals surface area contributed by atoms with Crippen LogP contribution in [0.15, 0.2) is 58.5 Å². The van der Waals surface area contributed by atoms with Crippen LogP contribution in [0.1, 0.15) is 18.4 Å². The van der Waals surface area contributed by atoms with E-state index in [1.165, 1.54) is 59.1 Å². The van der Waals surface area contributed by atoms with Crippen molar-refractivity contribution in [3.8, 4) is 0 Å². The van der Waals surface area contributed by atoms with Crippen molar-refractivity contribution in [3.63, 3.8) is 0 Å². The van der Waals surface area contributed by atoms with E-state index in [2.05, 4.69) is 10.5 Å². The molecule has 1 fully saturated rings. The molecule has 0 saturated carbocycles. The molecule has 0 unspecified atom stereocenters. The average molecular weight is 410 g/mol. The largest absolute Gasteiger partial charge is 0.271 e. The van der Waals surface area contributed by atoms with Crippen LogP contribution in [0.2, 0.25) is 5.02 Å². The number of sulfonamides is 1. The first-order valence-corrected chi connectivity index (χ1v) is 10.1. The zero-order chi connectivity index (χ0) is 19.4. The van der Waals surface area contributed by atoms with E-state index in [1.807, 2.05) is 0 Å². The molecule has 0 spiro atoms. The molecule has 1 heterocycles. The van der Waals surface area contributed by atoms with Crippen LogP contribution in [0.4, 0.5) is 4.39 Å². The lowest BCUT2D eigenvalue weighted by atomic mass is 10.2. The lowest BCUT2D eigenvalue weighted by Crippen LogP contribution is -2.44. The molecule has 1 amide bonds. The molecule has 1 saturated heterocycles. The van der Waals surface area contributed by atoms with Crippen molar-refractivity contribution >= 4 is 33.7 Å². The summed E-state index contributed by atoms with van der Waals surface area (Å²) in [7, 11) is -3.81. The van der Waals surface area contributed by atoms with Gasteiger partial charge in [-0.25, -0.2) is 18.2 Å². The van der Waals surface area contributed by atoms with E-state index in [0.717, 1.165) is 0 Å². The maximum absolute atomic E-state index is 12.9. The van der Waals surface area contributed by atoms with Gasteiger partial charge in [-0.3, -0.25) is 4.79 Å². The summed E-state index contributed by atoms with van der Waals surface area (Å²) in [6.45, 7) is 0.255. The topological polar surface area (TPSA) is 78.8 Å². The van der Waals surface area contributed by atoms with Crippen LogP contribution < -0.4 is 5.43 Å². The van der Waals surface area contributed by atoms with Gasteiger partial charge in [0.15, 0.2) is 0 Å². The highest BCUT2D eigenvalue weighted by molar-refractivity contribution is 7.89. The highest BCUT2D eigenvalue weighted by atomic mass is 35.5. The average Bonchev–Trinajstić information content (AvgIpc) is 3.14. The van der Waals surface area contributed by atoms with Crippen LogP contribution in [0.25, 0.3) is 0 Å². The van der Waals surface area contributed by atoms with Crippen LogP contribution >= 0.6 is 11.6 Å². The minimum Gasteiger partial charge on any atom is -0.271 e. The van der Waals surface area contributed by atoms with Gasteiger partial charge in [0.05, 0.1) is 11.1 Å². The minimum atomic E-state index is -3.81. The molecule has 0 bridgehead atoms. The molecule has 3 rings (SSSR count). The van der Waals surface area contributed by atoms with Crippen LogP contribution in [-0.2, 0) is 14.8 Å². The second-order valence-corrected chi connectivity index (χ2v) is 8.34. The van der Waals surface area contributed by atoms with Crippen LogP contribution in [0.3, 0.4) is 0 Å². The van der Waals surface area contributed by atoms with Crippen LogP contribution in [0.5, 0.6) is 0 Å². The van der Waals surface area contributed by atoms with E-state index in [4.69, 9.17) is 11.6 Å². The van der Waals surface area contributed by atoms with E-state index in [1.54, 1.807) is 0 Å². The Balaban J connectivity index is 1.70. The van der Waals surface area contributed by atoms with Gasteiger partial charge in [-0.2, -0.15) is 9.41 Å². The van der Waals surface area contributed by atoms with Crippen LogP contribution in [0, 0.1) is 5.82 Å². The number of benzene rings is 2. The van der Waals surface area contributed by atoms with Gasteiger partial charge < -0.3 is 0 Å². The van der Waals surface area contributed by atoms with Gasteiger partial charge in [-0.05, 0) is 54.8 Å². The fourth-order valence-corrected chi connectivity index (χ4v) is 4.61. The maximum Gasteiger partial charge on any atom is 0.258 e. The first-order chi connectivity index (χ1) is 12.9. The zero-order valence-electron chi connectivity index (χ0n) is 14.2. The molecule has 1 atom stereocenters. The lowest BCUT2D eigenvalue weighted by molar-refractivity contribution is -0.124. The Labute approximate surface area is 161 Å². The van der Waals surface area contributed by atoms with Gasteiger partial charge in [0.2, 0.25) is 10.0 Å². The molecule has 0 radical (unpaired) electrons. The SMILES string of the molecule is O=C(NN=Cc1ccc(F)cc1)[C@H]1CCCN1S(=O)(=O)c1ccc(Cl)cc1. The summed E-state index contributed by atoms with van der Waals surface area (Å²) < 4.78 is 39.7. The predicted molar refractivity (Wildman–Crippen MR) is 101 cm³/mol. The Morgan fingerprint density at radius 1 is 1.19 bits per heavy atom. The fraction of sp³-hybridized carbons (Fsp3) is 0.222. The first-order valence-electron chi connectivity index (χ1n) is 8.24. The third-order valence-electron chi connectivity index (χ3n) is 4.18. The van der Waals surface area contributed by atoms with Gasteiger partial charge in [-0.1, -0.05) is 23.7 Å². The van der Waals surface area contributed by atoms with E-state index in [0.29, 0.717) is 23.4 Å². The molecule has 142 valence electrons. The minimum absolute atomic E-state index is 0.0846. The molecule has 2 aromatic rings. The Bertz CT molecular complexity index is 947. The number of carbonyl (C=O) groups is 1. The number of rotatable bonds is 5. The number of halogens is 2. The summed E-state index contributed by atoms with van der Waals surface area (Å²) in [5, 5.41) is 4.26. The van der Waals surface area contributed by atoms with Crippen LogP contribution in [-0.4, -0.2) is 37.4 Å². The third kappa shape index (κ3) is 4.52. The highest BCUT2D eigenvalue weighted by Crippen LogP contribution is 2.27. The van der Waals surface area contributed by atoms with Gasteiger partial charge in [0.25, 0.3) is 5.91 Å². The normalized spacial score (nSPS) is 18.1. The Morgan fingerprint density at radius 3 is 2.52 bits per heavy atom. The van der Waals surface area contributed by atoms with Gasteiger partial charge >= 0.3 is 0 Å². The van der Waals surface area contributed by atoms with E-state index < -0.39 is 22.0 Å². The van der Waals surface area contributed by atoms with Gasteiger partial charge in [0.1, 0.15) is 11.9 Å². The molecule has 0 aromatic heterocycles. The van der Waals surface area contributed by atoms with Crippen molar-refractivity contribution in [1.82, 2.24) is 9.73 Å². The van der Waals surface area contributed by atoms with E-state index in [-0.39, 0.29) is 17.3 Å². The smallest absolute Gasteiger partial charge is 0.258 e. The second kappa shape index (κ2) is 8.16. The summed E-state index contributed by atoms with van der Waals surface area (Å²) in [4.78, 5) is 12.5. The zero-order valence-corrected chi connectivity index (χ0v) is 15.8. The Hall–Kier alpha value is -2.29. The summed E-state index contributed by atoms with van der Waals surface area (Å²) in [5.74, 6) is -0.881. The standard InChI is InChI=1S/C18H17ClFN3O3S/c19-14-5-9-16(10-6-14)27(25,26)23-11-1-2-17(23)18(24)22-21-12-13-3-7-15(20)8-4-13/h3-10,12,17H,1-2,11H2,(H,22,24)/t17-/m1/s1. The number of hydrogen-bond donors (Lipinski definition) is 1. The van der Waals surface area contributed by atoms with Crippen molar-refractivity contribution in [2.75, 3.05) is 6.54 Å². The molecule has 1 aliphatic heterocycles. The molecule has 1 aliphatic rings. The Morgan fingerprint density at radius 2 is 1.85 bits per heavy atom. The molecule has 27 heavy (non-hydrogen) atoms. The van der Waals surface area contributed by atoms with Crippen molar-refractivity contribution in [1.29, 1.82) is 0 Å². The second-order valence-electron chi connectivity index (χ2n) is 6.01. The van der Waals surface area contributed by atoms with Gasteiger partial charge in [-0.15, -0.1) is 0 Å². The fourth-order valence-electron chi connectivity index (χ4n) is 2.83. The van der Waals surface area contributed by atoms with Crippen molar-refractivity contribution in [2.24, 2.45) is 5.10 Å². The first kappa shape index (κ1) is 19.5. The lowest BCUT2D eigenvalue weighted by Gasteiger charge is -2.22. The molecule has 1 N–H and O–H groups in total. The molecule has 9 heteroatoms. The number of hydrogen-bond acceptors (Lipinski definition) is 4. The molecular weight excluding hydrogens is 393 g/mol. The monoisotopic (exact) mass is 409 g/mol. The van der Waals surface area contributed by atoms with Crippen molar-refractivity contribution < 1.29 is 17.6 Å². The maximum atomic E-state index is 12.9. The van der Waals surface area contributed by atoms with Gasteiger partial charge in [0, 0.05) is 11.6 Å². The third-order valence-corrected chi connectivity index (χ3v) is 6.36. The summed E-state index contributed by atoms with van der Waals surface area (Å²) in [6, 6.07) is 10.6. The van der Waals surface area contributed by atoms with E-state index >= 15 is 0 Å². The summed E-state index contributed by atoms with van der Waals surface area (Å²) >= 11 is 5.81. The number of nitrogens with one attached hydrogen (secondary N) is 1. The predicted octanol–water partition coefficient (Wildman–Crippen LogP) is 2.78. The van der Waals surface area contributed by atoms with Crippen molar-refractivity contribution in [3.05, 3.63) is 64.9 Å². The number of carbonyl (C=O) groups excluding carboxylic acids is 1. The van der Waals surface area contributed by atoms with Crippen molar-refractivity contribution in [2.45, 2.75) is 23.8 Å². The quantitative estimate of drug-likeness (QED) is 0.609. The molecular formula is C18H17ClFN3O3S. The summed E-state index contributed by atoms with van der Waals surface area (Å²) in [6.07, 6.45) is 2.35.